The number of ether oxygens (including phenoxy) is 1. The van der Waals surface area contributed by atoms with Gasteiger partial charge >= 0.3 is 5.69 Å². The lowest BCUT2D eigenvalue weighted by Gasteiger charge is -2.14. The van der Waals surface area contributed by atoms with Gasteiger partial charge in [-0.15, -0.1) is 0 Å². The van der Waals surface area contributed by atoms with E-state index in [0.717, 1.165) is 10.1 Å². The van der Waals surface area contributed by atoms with Crippen molar-refractivity contribution in [1.29, 1.82) is 0 Å². The molecule has 0 aliphatic heterocycles. The van der Waals surface area contributed by atoms with Crippen molar-refractivity contribution in [3.63, 3.8) is 0 Å². The third-order valence-corrected chi connectivity index (χ3v) is 4.38. The van der Waals surface area contributed by atoms with Crippen LogP contribution in [0.5, 0.6) is 5.75 Å². The summed E-state index contributed by atoms with van der Waals surface area (Å²) in [6.45, 7) is 4.53. The fraction of sp³-hybridized carbons (Fsp3) is 0.278. The highest BCUT2D eigenvalue weighted by Crippen LogP contribution is 2.29. The van der Waals surface area contributed by atoms with Crippen molar-refractivity contribution in [2.75, 3.05) is 0 Å². The van der Waals surface area contributed by atoms with Crippen molar-refractivity contribution in [2.24, 2.45) is 0 Å². The summed E-state index contributed by atoms with van der Waals surface area (Å²) in [6, 6.07) is 9.62. The van der Waals surface area contributed by atoms with Crippen molar-refractivity contribution in [2.45, 2.75) is 33.5 Å². The van der Waals surface area contributed by atoms with Crippen LogP contribution in [-0.4, -0.2) is 14.1 Å². The van der Waals surface area contributed by atoms with Crippen molar-refractivity contribution in [3.8, 4) is 5.75 Å². The number of halogens is 1. The molecular weight excluding hydrogens is 342 g/mol. The average Bonchev–Trinajstić information content (AvgIpc) is 2.62. The predicted octanol–water partition coefficient (Wildman–Crippen LogP) is 2.83. The summed E-state index contributed by atoms with van der Waals surface area (Å²) in [4.78, 5) is 29.3. The predicted molar refractivity (Wildman–Crippen MR) is 97.4 cm³/mol. The molecule has 0 bridgehead atoms. The fourth-order valence-electron chi connectivity index (χ4n) is 2.71. The van der Waals surface area contributed by atoms with E-state index in [2.05, 4.69) is 4.98 Å². The molecule has 3 rings (SSSR count). The van der Waals surface area contributed by atoms with Gasteiger partial charge in [0.05, 0.1) is 6.20 Å². The molecule has 0 saturated carbocycles. The summed E-state index contributed by atoms with van der Waals surface area (Å²) in [5.74, 6) is 0.319. The summed E-state index contributed by atoms with van der Waals surface area (Å²) in [6.07, 6.45) is 1.45. The molecule has 0 spiro atoms. The van der Waals surface area contributed by atoms with Crippen LogP contribution < -0.4 is 16.0 Å². The molecule has 1 aromatic carbocycles. The van der Waals surface area contributed by atoms with Gasteiger partial charge in [-0.05, 0) is 19.4 Å². The van der Waals surface area contributed by atoms with Gasteiger partial charge in [0, 0.05) is 13.1 Å². The first-order valence-corrected chi connectivity index (χ1v) is 8.44. The van der Waals surface area contributed by atoms with Crippen LogP contribution in [0.3, 0.4) is 0 Å². The van der Waals surface area contributed by atoms with Gasteiger partial charge < -0.3 is 4.74 Å². The van der Waals surface area contributed by atoms with Crippen molar-refractivity contribution >= 4 is 22.6 Å². The van der Waals surface area contributed by atoms with Crippen LogP contribution in [0, 0.1) is 0 Å². The second-order valence-electron chi connectivity index (χ2n) is 5.49. The van der Waals surface area contributed by atoms with E-state index in [1.54, 1.807) is 6.92 Å². The highest BCUT2D eigenvalue weighted by atomic mass is 35.5. The normalized spacial score (nSPS) is 11.0. The second kappa shape index (κ2) is 7.11. The maximum Gasteiger partial charge on any atom is 0.332 e. The Kier molecular flexibility index (Phi) is 4.90. The lowest BCUT2D eigenvalue weighted by atomic mass is 10.2. The lowest BCUT2D eigenvalue weighted by Crippen LogP contribution is -2.39. The first kappa shape index (κ1) is 17.2. The second-order valence-corrected chi connectivity index (χ2v) is 5.86. The van der Waals surface area contributed by atoms with E-state index in [-0.39, 0.29) is 28.3 Å². The molecular formula is C18H18ClN3O3. The van der Waals surface area contributed by atoms with Gasteiger partial charge in [-0.3, -0.25) is 13.9 Å². The van der Waals surface area contributed by atoms with E-state index in [4.69, 9.17) is 16.3 Å². The molecule has 0 saturated heterocycles. The van der Waals surface area contributed by atoms with E-state index < -0.39 is 5.56 Å². The fourth-order valence-corrected chi connectivity index (χ4v) is 2.98. The van der Waals surface area contributed by atoms with E-state index >= 15 is 0 Å². The molecule has 0 atom stereocenters. The van der Waals surface area contributed by atoms with E-state index in [9.17, 15) is 9.59 Å². The largest absolute Gasteiger partial charge is 0.486 e. The number of fused-ring (bicyclic) bond motifs is 1. The minimum absolute atomic E-state index is 0.176. The van der Waals surface area contributed by atoms with Crippen molar-refractivity contribution in [1.82, 2.24) is 14.1 Å². The molecule has 0 aliphatic rings. The summed E-state index contributed by atoms with van der Waals surface area (Å²) in [5, 5.41) is 0.380. The lowest BCUT2D eigenvalue weighted by molar-refractivity contribution is 0.305. The summed E-state index contributed by atoms with van der Waals surface area (Å²) < 4.78 is 8.32. The zero-order valence-corrected chi connectivity index (χ0v) is 14.8. The molecule has 25 heavy (non-hydrogen) atoms. The quantitative estimate of drug-likeness (QED) is 0.702. The standard InChI is InChI=1S/C18H18ClN3O3/c1-3-21-16-14(17(23)22(4-2)18(21)24)15(19)13(10-20-16)25-11-12-8-6-5-7-9-12/h5-10H,3-4,11H2,1-2H3. The number of benzene rings is 1. The molecule has 6 nitrogen and oxygen atoms in total. The molecule has 2 aromatic heterocycles. The van der Waals surface area contributed by atoms with Crippen molar-refractivity contribution < 1.29 is 4.74 Å². The van der Waals surface area contributed by atoms with Crippen LogP contribution in [0.1, 0.15) is 19.4 Å². The number of nitrogens with zero attached hydrogens (tertiary/aromatic N) is 3. The molecule has 0 aliphatic carbocycles. The molecule has 0 amide bonds. The Morgan fingerprint density at radius 2 is 1.76 bits per heavy atom. The molecule has 3 aromatic rings. The molecule has 0 radical (unpaired) electrons. The maximum absolute atomic E-state index is 12.7. The van der Waals surface area contributed by atoms with Gasteiger partial charge in [0.25, 0.3) is 5.56 Å². The van der Waals surface area contributed by atoms with Gasteiger partial charge in [-0.25, -0.2) is 9.78 Å². The molecule has 130 valence electrons. The average molecular weight is 360 g/mol. The van der Waals surface area contributed by atoms with Gasteiger partial charge in [0.2, 0.25) is 0 Å². The molecule has 7 heteroatoms. The number of pyridine rings is 1. The van der Waals surface area contributed by atoms with Gasteiger partial charge in [-0.2, -0.15) is 0 Å². The van der Waals surface area contributed by atoms with Crippen LogP contribution in [0.15, 0.2) is 46.1 Å². The smallest absolute Gasteiger partial charge is 0.332 e. The van der Waals surface area contributed by atoms with Crippen LogP contribution in [0.4, 0.5) is 0 Å². The summed E-state index contributed by atoms with van der Waals surface area (Å²) in [5.41, 5.74) is 0.418. The third kappa shape index (κ3) is 3.05. The Balaban J connectivity index is 2.13. The minimum atomic E-state index is -0.449. The first-order valence-electron chi connectivity index (χ1n) is 8.07. The Morgan fingerprint density at radius 3 is 2.40 bits per heavy atom. The van der Waals surface area contributed by atoms with Gasteiger partial charge in [0.15, 0.2) is 11.4 Å². The Morgan fingerprint density at radius 1 is 1.08 bits per heavy atom. The number of aromatic nitrogens is 3. The Hall–Kier alpha value is -2.60. The number of rotatable bonds is 5. The van der Waals surface area contributed by atoms with Gasteiger partial charge in [-0.1, -0.05) is 41.9 Å². The zero-order valence-electron chi connectivity index (χ0n) is 14.0. The SMILES string of the molecule is CCn1c(=O)c2c(Cl)c(OCc3ccccc3)cnc2n(CC)c1=O. The molecule has 0 fully saturated rings. The van der Waals surface area contributed by atoms with Gasteiger partial charge in [0.1, 0.15) is 17.0 Å². The van der Waals surface area contributed by atoms with Crippen molar-refractivity contribution in [3.05, 3.63) is 68.0 Å². The van der Waals surface area contributed by atoms with Crippen LogP contribution >= 0.6 is 11.6 Å². The van der Waals surface area contributed by atoms with Crippen LogP contribution in [-0.2, 0) is 19.7 Å². The highest BCUT2D eigenvalue weighted by molar-refractivity contribution is 6.36. The molecule has 2 heterocycles. The zero-order chi connectivity index (χ0) is 18.0. The Bertz CT molecular complexity index is 1030. The summed E-state index contributed by atoms with van der Waals surface area (Å²) >= 11 is 6.43. The molecule has 0 unspecified atom stereocenters. The Labute approximate surface area is 149 Å². The summed E-state index contributed by atoms with van der Waals surface area (Å²) in [7, 11) is 0. The van der Waals surface area contributed by atoms with E-state index in [1.807, 2.05) is 37.3 Å². The number of aryl methyl sites for hydroxylation is 1. The minimum Gasteiger partial charge on any atom is -0.486 e. The number of hydrogen-bond donors (Lipinski definition) is 0. The van der Waals surface area contributed by atoms with Crippen LogP contribution in [0.25, 0.3) is 11.0 Å². The van der Waals surface area contributed by atoms with E-state index in [1.165, 1.54) is 10.8 Å². The topological polar surface area (TPSA) is 66.1 Å². The maximum atomic E-state index is 12.7. The third-order valence-electron chi connectivity index (χ3n) is 4.01. The number of hydrogen-bond acceptors (Lipinski definition) is 4. The first-order chi connectivity index (χ1) is 12.1. The molecule has 0 N–H and O–H groups in total. The van der Waals surface area contributed by atoms with Crippen LogP contribution in [0.2, 0.25) is 5.02 Å². The highest BCUT2D eigenvalue weighted by Gasteiger charge is 2.18. The van der Waals surface area contributed by atoms with E-state index in [0.29, 0.717) is 18.9 Å². The monoisotopic (exact) mass is 359 g/mol.